The molecule has 1 aromatic rings. The number of halogens is 1. The van der Waals surface area contributed by atoms with Crippen LogP contribution in [0.2, 0.25) is 0 Å². The monoisotopic (exact) mass is 449 g/mol. The maximum atomic E-state index is 5.46. The number of aromatic nitrogens is 2. The second-order valence-electron chi connectivity index (χ2n) is 6.22. The van der Waals surface area contributed by atoms with Crippen LogP contribution in [0, 0.1) is 12.8 Å². The highest BCUT2D eigenvalue weighted by Gasteiger charge is 2.18. The molecular formula is C17H32IN5O. The van der Waals surface area contributed by atoms with E-state index in [0.29, 0.717) is 5.92 Å². The lowest BCUT2D eigenvalue weighted by molar-refractivity contribution is 0.181. The maximum absolute atomic E-state index is 5.46. The Labute approximate surface area is 163 Å². The first-order chi connectivity index (χ1) is 11.2. The number of nitrogens with one attached hydrogen (secondary N) is 1. The second kappa shape index (κ2) is 11.7. The van der Waals surface area contributed by atoms with Crippen LogP contribution in [0.4, 0.5) is 0 Å². The summed E-state index contributed by atoms with van der Waals surface area (Å²) in [4.78, 5) is 11.3. The van der Waals surface area contributed by atoms with Crippen LogP contribution in [0.3, 0.4) is 0 Å². The summed E-state index contributed by atoms with van der Waals surface area (Å²) in [7, 11) is 2.12. The average Bonchev–Trinajstić information content (AvgIpc) is 3.18. The lowest BCUT2D eigenvalue weighted by Gasteiger charge is -2.24. The second-order valence-corrected chi connectivity index (χ2v) is 6.22. The van der Waals surface area contributed by atoms with Crippen molar-refractivity contribution in [1.82, 2.24) is 19.8 Å². The van der Waals surface area contributed by atoms with Gasteiger partial charge >= 0.3 is 0 Å². The fourth-order valence-corrected chi connectivity index (χ4v) is 2.89. The first-order valence-corrected chi connectivity index (χ1v) is 8.75. The number of hydrogen-bond acceptors (Lipinski definition) is 3. The number of hydrogen-bond donors (Lipinski definition) is 1. The van der Waals surface area contributed by atoms with Gasteiger partial charge in [-0.1, -0.05) is 0 Å². The molecule has 1 aliphatic rings. The molecule has 1 aromatic heterocycles. The van der Waals surface area contributed by atoms with Gasteiger partial charge in [0.2, 0.25) is 0 Å². The van der Waals surface area contributed by atoms with Crippen molar-refractivity contribution < 1.29 is 4.74 Å². The number of aliphatic imine (C=N–C) groups is 1. The molecule has 0 aliphatic carbocycles. The van der Waals surface area contributed by atoms with Crippen molar-refractivity contribution in [3.05, 3.63) is 18.2 Å². The topological polar surface area (TPSA) is 54.7 Å². The number of guanidine groups is 1. The summed E-state index contributed by atoms with van der Waals surface area (Å²) in [5.41, 5.74) is 0. The van der Waals surface area contributed by atoms with Gasteiger partial charge in [-0.15, -0.1) is 24.0 Å². The van der Waals surface area contributed by atoms with E-state index in [0.717, 1.165) is 70.4 Å². The summed E-state index contributed by atoms with van der Waals surface area (Å²) in [5, 5.41) is 3.39. The highest BCUT2D eigenvalue weighted by Crippen LogP contribution is 2.13. The smallest absolute Gasteiger partial charge is 0.193 e. The van der Waals surface area contributed by atoms with Crippen LogP contribution in [0.15, 0.2) is 17.4 Å². The molecule has 0 spiro atoms. The van der Waals surface area contributed by atoms with Crippen molar-refractivity contribution in [1.29, 1.82) is 0 Å². The highest BCUT2D eigenvalue weighted by atomic mass is 127. The molecular weight excluding hydrogens is 417 g/mol. The van der Waals surface area contributed by atoms with Gasteiger partial charge < -0.3 is 19.5 Å². The fraction of sp³-hybridized carbons (Fsp3) is 0.765. The van der Waals surface area contributed by atoms with Gasteiger partial charge in [-0.25, -0.2) is 4.98 Å². The first-order valence-electron chi connectivity index (χ1n) is 8.75. The molecule has 1 N–H and O–H groups in total. The van der Waals surface area contributed by atoms with Gasteiger partial charge in [0, 0.05) is 58.1 Å². The Morgan fingerprint density at radius 2 is 2.33 bits per heavy atom. The summed E-state index contributed by atoms with van der Waals surface area (Å²) in [6.45, 7) is 9.74. The van der Waals surface area contributed by atoms with E-state index in [2.05, 4.69) is 33.7 Å². The molecule has 0 saturated carbocycles. The average molecular weight is 449 g/mol. The lowest BCUT2D eigenvalue weighted by Crippen LogP contribution is -2.41. The molecule has 1 fully saturated rings. The Hall–Kier alpha value is -0.830. The predicted octanol–water partition coefficient (Wildman–Crippen LogP) is 2.52. The first kappa shape index (κ1) is 21.2. The van der Waals surface area contributed by atoms with Crippen LogP contribution in [0.25, 0.3) is 0 Å². The largest absolute Gasteiger partial charge is 0.381 e. The van der Waals surface area contributed by atoms with Crippen LogP contribution in [0.5, 0.6) is 0 Å². The third kappa shape index (κ3) is 6.96. The molecule has 2 heterocycles. The lowest BCUT2D eigenvalue weighted by atomic mass is 10.1. The zero-order valence-electron chi connectivity index (χ0n) is 15.2. The highest BCUT2D eigenvalue weighted by molar-refractivity contribution is 14.0. The van der Waals surface area contributed by atoms with Gasteiger partial charge in [0.05, 0.1) is 6.61 Å². The number of aryl methyl sites for hydroxylation is 2. The van der Waals surface area contributed by atoms with Crippen molar-refractivity contribution in [2.24, 2.45) is 10.9 Å². The number of unbranched alkanes of at least 4 members (excludes halogenated alkanes) is 1. The summed E-state index contributed by atoms with van der Waals surface area (Å²) in [6, 6.07) is 0. The van der Waals surface area contributed by atoms with E-state index in [4.69, 9.17) is 9.73 Å². The summed E-state index contributed by atoms with van der Waals surface area (Å²) in [5.74, 6) is 2.73. The minimum Gasteiger partial charge on any atom is -0.381 e. The van der Waals surface area contributed by atoms with E-state index in [1.807, 2.05) is 19.3 Å². The molecule has 0 radical (unpaired) electrons. The molecule has 0 bridgehead atoms. The molecule has 138 valence electrons. The molecule has 0 aromatic carbocycles. The normalized spacial score (nSPS) is 17.6. The van der Waals surface area contributed by atoms with Gasteiger partial charge in [0.25, 0.3) is 0 Å². The Balaban J connectivity index is 0.00000288. The number of ether oxygens (including phenoxy) is 1. The molecule has 24 heavy (non-hydrogen) atoms. The minimum atomic E-state index is 0. The quantitative estimate of drug-likeness (QED) is 0.287. The molecule has 0 amide bonds. The Kier molecular flexibility index (Phi) is 10.3. The molecule has 1 aliphatic heterocycles. The Morgan fingerprint density at radius 1 is 1.50 bits per heavy atom. The van der Waals surface area contributed by atoms with Gasteiger partial charge in [0.1, 0.15) is 5.82 Å². The SMILES string of the molecule is CCNC(=NCCCCn1ccnc1C)N(C)CC1CCOC1.I. The van der Waals surface area contributed by atoms with E-state index in [9.17, 15) is 0 Å². The molecule has 1 atom stereocenters. The van der Waals surface area contributed by atoms with Crippen molar-refractivity contribution in [3.8, 4) is 0 Å². The summed E-state index contributed by atoms with van der Waals surface area (Å²) < 4.78 is 7.66. The van der Waals surface area contributed by atoms with Crippen LogP contribution in [-0.4, -0.2) is 60.3 Å². The van der Waals surface area contributed by atoms with Crippen molar-refractivity contribution >= 4 is 29.9 Å². The third-order valence-corrected chi connectivity index (χ3v) is 4.24. The number of imidazole rings is 1. The fourth-order valence-electron chi connectivity index (χ4n) is 2.89. The molecule has 2 rings (SSSR count). The van der Waals surface area contributed by atoms with E-state index in [-0.39, 0.29) is 24.0 Å². The van der Waals surface area contributed by atoms with Crippen LogP contribution in [-0.2, 0) is 11.3 Å². The van der Waals surface area contributed by atoms with Gasteiger partial charge in [0.15, 0.2) is 5.96 Å². The Morgan fingerprint density at radius 3 is 2.96 bits per heavy atom. The standard InChI is InChI=1S/C17H31N5O.HI/c1-4-18-17(21(3)13-16-7-12-23-14-16)20-8-5-6-10-22-11-9-19-15(22)2;/h9,11,16H,4-8,10,12-14H2,1-3H3,(H,18,20);1H. The third-order valence-electron chi connectivity index (χ3n) is 4.24. The molecule has 6 nitrogen and oxygen atoms in total. The van der Waals surface area contributed by atoms with Crippen LogP contribution < -0.4 is 5.32 Å². The van der Waals surface area contributed by atoms with Crippen LogP contribution in [0.1, 0.15) is 32.0 Å². The maximum Gasteiger partial charge on any atom is 0.193 e. The van der Waals surface area contributed by atoms with E-state index in [1.54, 1.807) is 0 Å². The summed E-state index contributed by atoms with van der Waals surface area (Å²) >= 11 is 0. The van der Waals surface area contributed by atoms with Gasteiger partial charge in [-0.2, -0.15) is 0 Å². The molecule has 1 unspecified atom stereocenters. The number of rotatable bonds is 8. The van der Waals surface area contributed by atoms with E-state index in [1.165, 1.54) is 0 Å². The van der Waals surface area contributed by atoms with E-state index >= 15 is 0 Å². The van der Waals surface area contributed by atoms with Crippen molar-refractivity contribution in [2.75, 3.05) is 39.9 Å². The Bertz CT molecular complexity index is 485. The van der Waals surface area contributed by atoms with Gasteiger partial charge in [-0.3, -0.25) is 4.99 Å². The van der Waals surface area contributed by atoms with Crippen molar-refractivity contribution in [2.45, 2.75) is 39.7 Å². The van der Waals surface area contributed by atoms with Crippen molar-refractivity contribution in [3.63, 3.8) is 0 Å². The summed E-state index contributed by atoms with van der Waals surface area (Å²) in [6.07, 6.45) is 7.28. The molecule has 1 saturated heterocycles. The predicted molar refractivity (Wildman–Crippen MR) is 109 cm³/mol. The zero-order chi connectivity index (χ0) is 16.5. The minimum absolute atomic E-state index is 0. The van der Waals surface area contributed by atoms with Crippen LogP contribution >= 0.6 is 24.0 Å². The molecule has 7 heteroatoms. The number of nitrogens with zero attached hydrogens (tertiary/aromatic N) is 4. The van der Waals surface area contributed by atoms with Gasteiger partial charge in [-0.05, 0) is 33.1 Å². The van der Waals surface area contributed by atoms with E-state index < -0.39 is 0 Å². The zero-order valence-corrected chi connectivity index (χ0v) is 17.5.